The summed E-state index contributed by atoms with van der Waals surface area (Å²) in [5.41, 5.74) is 1.94. The van der Waals surface area contributed by atoms with Crippen LogP contribution in [0.25, 0.3) is 0 Å². The normalized spacial score (nSPS) is 12.9. The maximum absolute atomic E-state index is 13.2. The third kappa shape index (κ3) is 7.41. The number of nitrogens with zero attached hydrogens (tertiary/aromatic N) is 1. The molecule has 0 bridgehead atoms. The summed E-state index contributed by atoms with van der Waals surface area (Å²) in [5.74, 6) is -0.711. The highest BCUT2D eigenvalue weighted by atomic mass is 16.6. The average Bonchev–Trinajstić information content (AvgIpc) is 2.71. The number of amides is 3. The molecule has 0 aliphatic rings. The van der Waals surface area contributed by atoms with E-state index in [1.807, 2.05) is 61.5 Å². The van der Waals surface area contributed by atoms with E-state index in [2.05, 4.69) is 10.6 Å². The van der Waals surface area contributed by atoms with Gasteiger partial charge in [-0.25, -0.2) is 4.79 Å². The summed E-state index contributed by atoms with van der Waals surface area (Å²) in [6.07, 6.45) is -0.688. The lowest BCUT2D eigenvalue weighted by atomic mass is 10.0. The minimum absolute atomic E-state index is 0.306. The minimum atomic E-state index is -0.871. The van der Waals surface area contributed by atoms with E-state index < -0.39 is 29.7 Å². The Kier molecular flexibility index (Phi) is 8.41. The highest BCUT2D eigenvalue weighted by molar-refractivity contribution is 5.91. The smallest absolute Gasteiger partial charge is 0.408 e. The van der Waals surface area contributed by atoms with Crippen LogP contribution in [0, 0.1) is 6.92 Å². The van der Waals surface area contributed by atoms with Crippen LogP contribution in [0.5, 0.6) is 0 Å². The Hall–Kier alpha value is -3.35. The van der Waals surface area contributed by atoms with Crippen molar-refractivity contribution >= 4 is 17.9 Å². The predicted octanol–water partition coefficient (Wildman–Crippen LogP) is 3.72. The molecule has 0 saturated carbocycles. The van der Waals surface area contributed by atoms with Crippen molar-refractivity contribution in [3.8, 4) is 0 Å². The van der Waals surface area contributed by atoms with E-state index >= 15 is 0 Å². The number of nitrogens with one attached hydrogen (secondary N) is 2. The maximum atomic E-state index is 13.2. The van der Waals surface area contributed by atoms with Crippen molar-refractivity contribution in [2.75, 3.05) is 7.05 Å². The average molecular weight is 440 g/mol. The molecule has 0 spiro atoms. The van der Waals surface area contributed by atoms with Crippen molar-refractivity contribution in [1.82, 2.24) is 15.5 Å². The highest BCUT2D eigenvalue weighted by Gasteiger charge is 2.32. The molecule has 2 aromatic carbocycles. The van der Waals surface area contributed by atoms with Crippen molar-refractivity contribution in [3.63, 3.8) is 0 Å². The van der Waals surface area contributed by atoms with Gasteiger partial charge in [-0.3, -0.25) is 9.59 Å². The van der Waals surface area contributed by atoms with Gasteiger partial charge in [0.05, 0.1) is 0 Å². The minimum Gasteiger partial charge on any atom is -0.444 e. The first-order valence-corrected chi connectivity index (χ1v) is 10.6. The molecule has 0 saturated heterocycles. The molecule has 0 heterocycles. The van der Waals surface area contributed by atoms with Crippen LogP contribution in [0.1, 0.15) is 50.4 Å². The number of carbonyl (C=O) groups excluding carboxylic acids is 3. The lowest BCUT2D eigenvalue weighted by Crippen LogP contribution is -2.50. The van der Waals surface area contributed by atoms with E-state index in [0.29, 0.717) is 12.1 Å². The number of ether oxygens (including phenoxy) is 1. The van der Waals surface area contributed by atoms with Crippen LogP contribution in [-0.2, 0) is 20.9 Å². The number of rotatable bonds is 7. The molecule has 2 N–H and O–H groups in total. The fourth-order valence-corrected chi connectivity index (χ4v) is 3.25. The number of alkyl carbamates (subject to hydrolysis) is 1. The summed E-state index contributed by atoms with van der Waals surface area (Å²) >= 11 is 0. The molecular formula is C25H33N3O4. The van der Waals surface area contributed by atoms with Crippen LogP contribution in [0.4, 0.5) is 4.79 Å². The first-order chi connectivity index (χ1) is 15.0. The molecule has 2 unspecified atom stereocenters. The highest BCUT2D eigenvalue weighted by Crippen LogP contribution is 2.22. The fraction of sp³-hybridized carbons (Fsp3) is 0.400. The molecule has 7 nitrogen and oxygen atoms in total. The summed E-state index contributed by atoms with van der Waals surface area (Å²) in [5, 5.41) is 5.47. The molecule has 3 amide bonds. The molecule has 0 radical (unpaired) electrons. The van der Waals surface area contributed by atoms with Crippen LogP contribution in [-0.4, -0.2) is 41.5 Å². The number of hydrogen-bond acceptors (Lipinski definition) is 4. The monoisotopic (exact) mass is 439 g/mol. The van der Waals surface area contributed by atoms with E-state index in [1.54, 1.807) is 34.7 Å². The Balaban J connectivity index is 2.19. The molecule has 32 heavy (non-hydrogen) atoms. The second-order valence-electron chi connectivity index (χ2n) is 8.84. The summed E-state index contributed by atoms with van der Waals surface area (Å²) < 4.78 is 5.23. The van der Waals surface area contributed by atoms with Gasteiger partial charge >= 0.3 is 6.09 Å². The zero-order chi connectivity index (χ0) is 23.9. The number of carbonyl (C=O) groups is 3. The quantitative estimate of drug-likeness (QED) is 0.688. The van der Waals surface area contributed by atoms with Gasteiger partial charge in [0.2, 0.25) is 11.8 Å². The molecule has 0 aliphatic carbocycles. The van der Waals surface area contributed by atoms with Crippen molar-refractivity contribution < 1.29 is 19.1 Å². The van der Waals surface area contributed by atoms with E-state index in [4.69, 9.17) is 4.74 Å². The van der Waals surface area contributed by atoms with Crippen molar-refractivity contribution in [2.24, 2.45) is 0 Å². The van der Waals surface area contributed by atoms with E-state index in [1.165, 1.54) is 4.90 Å². The molecule has 2 atom stereocenters. The van der Waals surface area contributed by atoms with E-state index in [9.17, 15) is 14.4 Å². The van der Waals surface area contributed by atoms with Gasteiger partial charge in [-0.15, -0.1) is 0 Å². The Morgan fingerprint density at radius 2 is 1.69 bits per heavy atom. The third-order valence-electron chi connectivity index (χ3n) is 4.75. The molecule has 7 heteroatoms. The number of likely N-dealkylation sites (N-methyl/N-ethyl adjacent to an activating group) is 1. The Morgan fingerprint density at radius 3 is 2.28 bits per heavy atom. The summed E-state index contributed by atoms with van der Waals surface area (Å²) in [4.78, 5) is 39.7. The zero-order valence-electron chi connectivity index (χ0n) is 19.6. The van der Waals surface area contributed by atoms with Crippen LogP contribution in [0.15, 0.2) is 54.6 Å². The largest absolute Gasteiger partial charge is 0.444 e. The molecule has 0 aliphatic heterocycles. The lowest BCUT2D eigenvalue weighted by molar-refractivity contribution is -0.140. The number of benzene rings is 2. The van der Waals surface area contributed by atoms with E-state index in [0.717, 1.165) is 11.1 Å². The molecule has 0 fully saturated rings. The second-order valence-corrected chi connectivity index (χ2v) is 8.84. The first kappa shape index (κ1) is 24.9. The van der Waals surface area contributed by atoms with Crippen molar-refractivity contribution in [2.45, 2.75) is 58.8 Å². The van der Waals surface area contributed by atoms with Gasteiger partial charge in [0.25, 0.3) is 0 Å². The lowest BCUT2D eigenvalue weighted by Gasteiger charge is -2.30. The van der Waals surface area contributed by atoms with Gasteiger partial charge in [-0.05, 0) is 45.7 Å². The van der Waals surface area contributed by atoms with Crippen LogP contribution in [0.3, 0.4) is 0 Å². The third-order valence-corrected chi connectivity index (χ3v) is 4.75. The standard InChI is InChI=1S/C25H33N3O4/c1-17-11-10-14-20(15-17)21(22(29)26-16-19-12-8-7-9-13-19)28(6)23(30)18(2)27-24(31)32-25(3,4)5/h7-15,18,21H,16H2,1-6H3,(H,26,29)(H,27,31). The van der Waals surface area contributed by atoms with Gasteiger partial charge in [-0.1, -0.05) is 60.2 Å². The van der Waals surface area contributed by atoms with Crippen LogP contribution >= 0.6 is 0 Å². The Labute approximate surface area is 190 Å². The van der Waals surface area contributed by atoms with Crippen LogP contribution in [0.2, 0.25) is 0 Å². The molecule has 2 aromatic rings. The van der Waals surface area contributed by atoms with Gasteiger partial charge < -0.3 is 20.3 Å². The number of aryl methyl sites for hydroxylation is 1. The van der Waals surface area contributed by atoms with Gasteiger partial charge in [0.1, 0.15) is 17.7 Å². The summed E-state index contributed by atoms with van der Waals surface area (Å²) in [6, 6.07) is 15.3. The van der Waals surface area contributed by atoms with Crippen molar-refractivity contribution in [1.29, 1.82) is 0 Å². The topological polar surface area (TPSA) is 87.7 Å². The molecule has 172 valence electrons. The molecular weight excluding hydrogens is 406 g/mol. The Morgan fingerprint density at radius 1 is 1.03 bits per heavy atom. The molecule has 0 aromatic heterocycles. The Bertz CT molecular complexity index is 938. The van der Waals surface area contributed by atoms with E-state index in [-0.39, 0.29) is 5.91 Å². The van der Waals surface area contributed by atoms with Crippen molar-refractivity contribution in [3.05, 3.63) is 71.3 Å². The number of hydrogen-bond donors (Lipinski definition) is 2. The summed E-state index contributed by atoms with van der Waals surface area (Å²) in [6.45, 7) is 9.08. The second kappa shape index (κ2) is 10.8. The summed E-state index contributed by atoms with van der Waals surface area (Å²) in [7, 11) is 1.56. The maximum Gasteiger partial charge on any atom is 0.408 e. The van der Waals surface area contributed by atoms with Gasteiger partial charge in [0.15, 0.2) is 0 Å². The first-order valence-electron chi connectivity index (χ1n) is 10.6. The van der Waals surface area contributed by atoms with Crippen LogP contribution < -0.4 is 10.6 Å². The fourth-order valence-electron chi connectivity index (χ4n) is 3.25. The predicted molar refractivity (Wildman–Crippen MR) is 124 cm³/mol. The SMILES string of the molecule is Cc1cccc(C(C(=O)NCc2ccccc2)N(C)C(=O)C(C)NC(=O)OC(C)(C)C)c1. The zero-order valence-corrected chi connectivity index (χ0v) is 19.6. The van der Waals surface area contributed by atoms with Gasteiger partial charge in [-0.2, -0.15) is 0 Å². The van der Waals surface area contributed by atoms with Gasteiger partial charge in [0, 0.05) is 13.6 Å². The molecule has 2 rings (SSSR count).